The monoisotopic (exact) mass is 179 g/mol. The maximum Gasteiger partial charge on any atom is 0.399 e. The molecule has 1 aromatic carbocycles. The number of hydrogen-bond acceptors (Lipinski definition) is 3. The van der Waals surface area contributed by atoms with Crippen LogP contribution in [0.2, 0.25) is 0 Å². The molecule has 13 heavy (non-hydrogen) atoms. The third kappa shape index (κ3) is 1.84. The Morgan fingerprint density at radius 2 is 2.31 bits per heavy atom. The minimum absolute atomic E-state index is 0.102. The van der Waals surface area contributed by atoms with E-state index in [2.05, 4.69) is 4.98 Å². The van der Waals surface area contributed by atoms with E-state index in [1.54, 1.807) is 12.1 Å². The standard InChI is InChI=1S/C9H6FNO2/c10-7-2-1-3-8(6-7)13-9-11-4-5-12-9/h1-6H. The van der Waals surface area contributed by atoms with Crippen molar-refractivity contribution in [3.05, 3.63) is 42.5 Å². The van der Waals surface area contributed by atoms with Crippen molar-refractivity contribution < 1.29 is 13.5 Å². The lowest BCUT2D eigenvalue weighted by Gasteiger charge is -1.98. The molecule has 0 saturated carbocycles. The molecule has 2 aromatic rings. The first-order valence-corrected chi connectivity index (χ1v) is 3.67. The summed E-state index contributed by atoms with van der Waals surface area (Å²) >= 11 is 0. The predicted molar refractivity (Wildman–Crippen MR) is 43.0 cm³/mol. The zero-order valence-electron chi connectivity index (χ0n) is 6.61. The molecule has 4 heteroatoms. The lowest BCUT2D eigenvalue weighted by molar-refractivity contribution is 0.329. The molecule has 0 bridgehead atoms. The Morgan fingerprint density at radius 3 is 3.00 bits per heavy atom. The van der Waals surface area contributed by atoms with Gasteiger partial charge < -0.3 is 9.15 Å². The number of rotatable bonds is 2. The first-order valence-electron chi connectivity index (χ1n) is 3.67. The summed E-state index contributed by atoms with van der Waals surface area (Å²) in [6, 6.07) is 5.76. The van der Waals surface area contributed by atoms with Crippen LogP contribution in [0, 0.1) is 5.82 Å². The number of ether oxygens (including phenoxy) is 1. The molecule has 1 aromatic heterocycles. The van der Waals surface area contributed by atoms with Crippen molar-refractivity contribution in [2.75, 3.05) is 0 Å². The Hall–Kier alpha value is -1.84. The first-order chi connectivity index (χ1) is 6.34. The Balaban J connectivity index is 2.19. The van der Waals surface area contributed by atoms with Gasteiger partial charge in [0.15, 0.2) is 0 Å². The number of nitrogens with zero attached hydrogens (tertiary/aromatic N) is 1. The highest BCUT2D eigenvalue weighted by atomic mass is 19.1. The molecule has 66 valence electrons. The Kier molecular flexibility index (Phi) is 1.96. The summed E-state index contributed by atoms with van der Waals surface area (Å²) in [5.74, 6) is 0.00602. The van der Waals surface area contributed by atoms with E-state index < -0.39 is 0 Å². The molecule has 0 aliphatic heterocycles. The van der Waals surface area contributed by atoms with Gasteiger partial charge in [-0.15, -0.1) is 0 Å². The van der Waals surface area contributed by atoms with Crippen LogP contribution in [-0.4, -0.2) is 4.98 Å². The summed E-state index contributed by atoms with van der Waals surface area (Å²) in [4.78, 5) is 3.73. The van der Waals surface area contributed by atoms with Gasteiger partial charge in [-0.25, -0.2) is 4.39 Å². The van der Waals surface area contributed by atoms with Gasteiger partial charge in [-0.1, -0.05) is 6.07 Å². The summed E-state index contributed by atoms with van der Waals surface area (Å²) < 4.78 is 22.6. The Bertz CT molecular complexity index is 386. The number of oxazole rings is 1. The van der Waals surface area contributed by atoms with Gasteiger partial charge in [0.2, 0.25) is 0 Å². The van der Waals surface area contributed by atoms with Gasteiger partial charge in [-0.05, 0) is 12.1 Å². The van der Waals surface area contributed by atoms with Crippen LogP contribution in [0.1, 0.15) is 0 Å². The molecule has 0 aliphatic rings. The maximum absolute atomic E-state index is 12.7. The van der Waals surface area contributed by atoms with Crippen molar-refractivity contribution >= 4 is 0 Å². The lowest BCUT2D eigenvalue weighted by Crippen LogP contribution is -1.84. The van der Waals surface area contributed by atoms with E-state index in [9.17, 15) is 4.39 Å². The van der Waals surface area contributed by atoms with E-state index in [0.717, 1.165) is 0 Å². The van der Waals surface area contributed by atoms with Crippen molar-refractivity contribution in [1.82, 2.24) is 4.98 Å². The fourth-order valence-electron chi connectivity index (χ4n) is 0.892. The van der Waals surface area contributed by atoms with Crippen LogP contribution in [0.5, 0.6) is 11.8 Å². The number of halogens is 1. The zero-order valence-corrected chi connectivity index (χ0v) is 6.61. The third-order valence-electron chi connectivity index (χ3n) is 1.41. The molecule has 0 aliphatic carbocycles. The summed E-state index contributed by atoms with van der Waals surface area (Å²) in [6.45, 7) is 0. The highest BCUT2D eigenvalue weighted by Crippen LogP contribution is 2.19. The molecule has 0 atom stereocenters. The minimum Gasteiger partial charge on any atom is -0.417 e. The van der Waals surface area contributed by atoms with E-state index >= 15 is 0 Å². The highest BCUT2D eigenvalue weighted by molar-refractivity contribution is 5.24. The molecule has 0 fully saturated rings. The second-order valence-corrected chi connectivity index (χ2v) is 2.36. The molecule has 1 heterocycles. The van der Waals surface area contributed by atoms with Crippen LogP contribution in [0.15, 0.2) is 41.1 Å². The van der Waals surface area contributed by atoms with Gasteiger partial charge in [0.05, 0.1) is 6.20 Å². The van der Waals surface area contributed by atoms with Crippen LogP contribution < -0.4 is 4.74 Å². The van der Waals surface area contributed by atoms with E-state index in [1.807, 2.05) is 0 Å². The fourth-order valence-corrected chi connectivity index (χ4v) is 0.892. The van der Waals surface area contributed by atoms with Crippen LogP contribution in [0.3, 0.4) is 0 Å². The van der Waals surface area contributed by atoms with Crippen molar-refractivity contribution in [3.8, 4) is 11.8 Å². The smallest absolute Gasteiger partial charge is 0.399 e. The molecule has 3 nitrogen and oxygen atoms in total. The third-order valence-corrected chi connectivity index (χ3v) is 1.41. The molecular formula is C9H6FNO2. The Morgan fingerprint density at radius 1 is 1.38 bits per heavy atom. The quantitative estimate of drug-likeness (QED) is 0.710. The minimum atomic E-state index is -0.357. The molecule has 0 spiro atoms. The predicted octanol–water partition coefficient (Wildman–Crippen LogP) is 2.61. The topological polar surface area (TPSA) is 35.3 Å². The normalized spacial score (nSPS) is 9.92. The molecular weight excluding hydrogens is 173 g/mol. The average Bonchev–Trinajstić information content (AvgIpc) is 2.57. The van der Waals surface area contributed by atoms with Crippen molar-refractivity contribution in [2.45, 2.75) is 0 Å². The van der Waals surface area contributed by atoms with E-state index in [0.29, 0.717) is 5.75 Å². The maximum atomic E-state index is 12.7. The van der Waals surface area contributed by atoms with Crippen molar-refractivity contribution in [2.24, 2.45) is 0 Å². The first kappa shape index (κ1) is 7.79. The van der Waals surface area contributed by atoms with Crippen LogP contribution in [0.4, 0.5) is 4.39 Å². The van der Waals surface area contributed by atoms with Gasteiger partial charge in [-0.2, -0.15) is 4.98 Å². The van der Waals surface area contributed by atoms with Gasteiger partial charge in [0, 0.05) is 6.07 Å². The molecule has 2 rings (SSSR count). The van der Waals surface area contributed by atoms with E-state index in [-0.39, 0.29) is 11.9 Å². The van der Waals surface area contributed by atoms with Gasteiger partial charge >= 0.3 is 6.08 Å². The summed E-state index contributed by atoms with van der Waals surface area (Å²) in [5.41, 5.74) is 0. The lowest BCUT2D eigenvalue weighted by atomic mass is 10.3. The van der Waals surface area contributed by atoms with Crippen molar-refractivity contribution in [1.29, 1.82) is 0 Å². The summed E-state index contributed by atoms with van der Waals surface area (Å²) in [7, 11) is 0. The largest absolute Gasteiger partial charge is 0.417 e. The number of hydrogen-bond donors (Lipinski definition) is 0. The zero-order chi connectivity index (χ0) is 9.10. The van der Waals surface area contributed by atoms with Gasteiger partial charge in [0.25, 0.3) is 0 Å². The van der Waals surface area contributed by atoms with Gasteiger partial charge in [-0.3, -0.25) is 0 Å². The van der Waals surface area contributed by atoms with Crippen LogP contribution in [-0.2, 0) is 0 Å². The Labute approximate surface area is 73.8 Å². The number of benzene rings is 1. The fraction of sp³-hybridized carbons (Fsp3) is 0. The summed E-state index contributed by atoms with van der Waals surface area (Å²) in [6.07, 6.45) is 2.94. The second kappa shape index (κ2) is 3.26. The average molecular weight is 179 g/mol. The molecule has 0 radical (unpaired) electrons. The molecule has 0 saturated heterocycles. The van der Waals surface area contributed by atoms with Crippen molar-refractivity contribution in [3.63, 3.8) is 0 Å². The molecule has 0 amide bonds. The number of aromatic nitrogens is 1. The van der Waals surface area contributed by atoms with E-state index in [1.165, 1.54) is 24.6 Å². The second-order valence-electron chi connectivity index (χ2n) is 2.36. The molecule has 0 unspecified atom stereocenters. The SMILES string of the molecule is Fc1cccc(Oc2ncco2)c1. The van der Waals surface area contributed by atoms with Crippen LogP contribution >= 0.6 is 0 Å². The summed E-state index contributed by atoms with van der Waals surface area (Å²) in [5, 5.41) is 0. The van der Waals surface area contributed by atoms with Crippen LogP contribution in [0.25, 0.3) is 0 Å². The molecule has 0 N–H and O–H groups in total. The van der Waals surface area contributed by atoms with E-state index in [4.69, 9.17) is 9.15 Å². The highest BCUT2D eigenvalue weighted by Gasteiger charge is 2.00. The van der Waals surface area contributed by atoms with Gasteiger partial charge in [0.1, 0.15) is 17.8 Å².